The number of carbonyl (C=O) groups excluding carboxylic acids is 3. The molecule has 2 rings (SSSR count). The summed E-state index contributed by atoms with van der Waals surface area (Å²) in [5, 5.41) is 7.57. The molecule has 7 heteroatoms. The number of nitrogens with zero attached hydrogens (tertiary/aromatic N) is 1. The summed E-state index contributed by atoms with van der Waals surface area (Å²) < 4.78 is 0. The highest BCUT2D eigenvalue weighted by Gasteiger charge is 2.13. The number of hydrogen-bond donors (Lipinski definition) is 3. The van der Waals surface area contributed by atoms with E-state index in [4.69, 9.17) is 0 Å². The lowest BCUT2D eigenvalue weighted by Gasteiger charge is -2.07. The smallest absolute Gasteiger partial charge is 0.313 e. The van der Waals surface area contributed by atoms with Crippen molar-refractivity contribution in [2.24, 2.45) is 0 Å². The number of aromatic nitrogens is 1. The van der Waals surface area contributed by atoms with Crippen molar-refractivity contribution in [2.45, 2.75) is 13.5 Å². The van der Waals surface area contributed by atoms with Crippen molar-refractivity contribution >= 4 is 29.1 Å². The van der Waals surface area contributed by atoms with Gasteiger partial charge in [-0.3, -0.25) is 19.4 Å². The van der Waals surface area contributed by atoms with Crippen LogP contribution in [0.5, 0.6) is 0 Å². The normalized spacial score (nSPS) is 9.78. The molecule has 0 radical (unpaired) electrons. The van der Waals surface area contributed by atoms with E-state index in [1.54, 1.807) is 48.7 Å². The number of pyridine rings is 1. The van der Waals surface area contributed by atoms with Gasteiger partial charge in [-0.05, 0) is 36.4 Å². The molecule has 0 atom stereocenters. The maximum Gasteiger partial charge on any atom is 0.313 e. The second kappa shape index (κ2) is 7.69. The first-order chi connectivity index (χ1) is 11.0. The Balaban J connectivity index is 1.85. The summed E-state index contributed by atoms with van der Waals surface area (Å²) in [6.45, 7) is 1.58. The summed E-state index contributed by atoms with van der Waals surface area (Å²) in [5.41, 5.74) is 1.72. The fourth-order valence-electron chi connectivity index (χ4n) is 1.78. The molecule has 0 bridgehead atoms. The molecule has 1 aromatic heterocycles. The first-order valence-electron chi connectivity index (χ1n) is 6.91. The fraction of sp³-hybridized carbons (Fsp3) is 0.125. The third-order valence-electron chi connectivity index (χ3n) is 2.83. The standard InChI is InChI=1S/C16H16N4O3/c1-11(21)19-12-5-7-13(8-6-12)20-16(23)15(22)18-10-14-4-2-3-9-17-14/h2-9H,10H2,1H3,(H,18,22)(H,19,21)(H,20,23). The van der Waals surface area contributed by atoms with Gasteiger partial charge in [0, 0.05) is 24.5 Å². The Morgan fingerprint density at radius 2 is 1.57 bits per heavy atom. The Kier molecular flexibility index (Phi) is 5.40. The van der Waals surface area contributed by atoms with Crippen molar-refractivity contribution in [2.75, 3.05) is 10.6 Å². The lowest BCUT2D eigenvalue weighted by atomic mass is 10.2. The number of rotatable bonds is 4. The van der Waals surface area contributed by atoms with Gasteiger partial charge in [0.15, 0.2) is 0 Å². The Hall–Kier alpha value is -3.22. The van der Waals surface area contributed by atoms with Crippen LogP contribution in [-0.4, -0.2) is 22.7 Å². The van der Waals surface area contributed by atoms with Crippen LogP contribution in [0.25, 0.3) is 0 Å². The first-order valence-corrected chi connectivity index (χ1v) is 6.91. The number of carbonyl (C=O) groups is 3. The van der Waals surface area contributed by atoms with Gasteiger partial charge in [-0.1, -0.05) is 6.07 Å². The molecular weight excluding hydrogens is 296 g/mol. The third kappa shape index (κ3) is 5.24. The fourth-order valence-corrected chi connectivity index (χ4v) is 1.78. The lowest BCUT2D eigenvalue weighted by molar-refractivity contribution is -0.136. The second-order valence-electron chi connectivity index (χ2n) is 4.72. The minimum Gasteiger partial charge on any atom is -0.342 e. The molecule has 1 aromatic carbocycles. The topological polar surface area (TPSA) is 100 Å². The van der Waals surface area contributed by atoms with Crippen molar-refractivity contribution in [3.05, 3.63) is 54.4 Å². The monoisotopic (exact) mass is 312 g/mol. The van der Waals surface area contributed by atoms with Gasteiger partial charge < -0.3 is 16.0 Å². The lowest BCUT2D eigenvalue weighted by Crippen LogP contribution is -2.35. The van der Waals surface area contributed by atoms with Gasteiger partial charge in [-0.15, -0.1) is 0 Å². The summed E-state index contributed by atoms with van der Waals surface area (Å²) >= 11 is 0. The highest BCUT2D eigenvalue weighted by atomic mass is 16.2. The van der Waals surface area contributed by atoms with Crippen LogP contribution in [0.4, 0.5) is 11.4 Å². The number of nitrogens with one attached hydrogen (secondary N) is 3. The number of anilines is 2. The molecule has 23 heavy (non-hydrogen) atoms. The summed E-state index contributed by atoms with van der Waals surface area (Å²) in [5.74, 6) is -1.70. The molecule has 0 saturated carbocycles. The highest BCUT2D eigenvalue weighted by Crippen LogP contribution is 2.13. The Bertz CT molecular complexity index is 699. The van der Waals surface area contributed by atoms with E-state index in [-0.39, 0.29) is 12.5 Å². The maximum atomic E-state index is 11.8. The number of amides is 3. The SMILES string of the molecule is CC(=O)Nc1ccc(NC(=O)C(=O)NCc2ccccn2)cc1. The maximum absolute atomic E-state index is 11.8. The molecule has 1 heterocycles. The Labute approximate surface area is 133 Å². The number of hydrogen-bond acceptors (Lipinski definition) is 4. The van der Waals surface area contributed by atoms with Crippen LogP contribution in [0.15, 0.2) is 48.7 Å². The zero-order valence-electron chi connectivity index (χ0n) is 12.5. The van der Waals surface area contributed by atoms with Gasteiger partial charge >= 0.3 is 11.8 Å². The molecule has 0 aliphatic heterocycles. The van der Waals surface area contributed by atoms with Crippen LogP contribution in [0.2, 0.25) is 0 Å². The van der Waals surface area contributed by atoms with Gasteiger partial charge in [0.05, 0.1) is 12.2 Å². The van der Waals surface area contributed by atoms with Crippen molar-refractivity contribution < 1.29 is 14.4 Å². The average molecular weight is 312 g/mol. The summed E-state index contributed by atoms with van der Waals surface area (Å²) in [7, 11) is 0. The molecule has 0 saturated heterocycles. The highest BCUT2D eigenvalue weighted by molar-refractivity contribution is 6.39. The predicted molar refractivity (Wildman–Crippen MR) is 85.5 cm³/mol. The second-order valence-corrected chi connectivity index (χ2v) is 4.72. The van der Waals surface area contributed by atoms with E-state index < -0.39 is 11.8 Å². The minimum atomic E-state index is -0.770. The van der Waals surface area contributed by atoms with Crippen molar-refractivity contribution in [1.29, 1.82) is 0 Å². The Morgan fingerprint density at radius 1 is 0.913 bits per heavy atom. The first kappa shape index (κ1) is 16.2. The molecule has 0 unspecified atom stereocenters. The van der Waals surface area contributed by atoms with E-state index in [2.05, 4.69) is 20.9 Å². The van der Waals surface area contributed by atoms with Crippen LogP contribution in [0.1, 0.15) is 12.6 Å². The third-order valence-corrected chi connectivity index (χ3v) is 2.83. The molecule has 3 amide bonds. The largest absolute Gasteiger partial charge is 0.342 e. The van der Waals surface area contributed by atoms with Gasteiger partial charge in [-0.2, -0.15) is 0 Å². The molecule has 118 valence electrons. The van der Waals surface area contributed by atoms with Crippen molar-refractivity contribution in [3.63, 3.8) is 0 Å². The van der Waals surface area contributed by atoms with Gasteiger partial charge in [-0.25, -0.2) is 0 Å². The van der Waals surface area contributed by atoms with Crippen LogP contribution in [0.3, 0.4) is 0 Å². The summed E-state index contributed by atoms with van der Waals surface area (Å²) in [6.07, 6.45) is 1.61. The molecule has 0 aliphatic carbocycles. The molecule has 2 aromatic rings. The quantitative estimate of drug-likeness (QED) is 0.741. The zero-order valence-corrected chi connectivity index (χ0v) is 12.5. The van der Waals surface area contributed by atoms with E-state index in [1.165, 1.54) is 6.92 Å². The molecular formula is C16H16N4O3. The van der Waals surface area contributed by atoms with Gasteiger partial charge in [0.25, 0.3) is 0 Å². The van der Waals surface area contributed by atoms with Gasteiger partial charge in [0.2, 0.25) is 5.91 Å². The summed E-state index contributed by atoms with van der Waals surface area (Å²) in [4.78, 5) is 38.5. The minimum absolute atomic E-state index is 0.175. The molecule has 0 spiro atoms. The average Bonchev–Trinajstić information content (AvgIpc) is 2.55. The van der Waals surface area contributed by atoms with Crippen LogP contribution >= 0.6 is 0 Å². The van der Waals surface area contributed by atoms with Gasteiger partial charge in [0.1, 0.15) is 0 Å². The van der Waals surface area contributed by atoms with Crippen LogP contribution in [-0.2, 0) is 20.9 Å². The predicted octanol–water partition coefficient (Wildman–Crippen LogP) is 1.29. The van der Waals surface area contributed by atoms with Crippen molar-refractivity contribution in [3.8, 4) is 0 Å². The molecule has 0 fully saturated rings. The van der Waals surface area contributed by atoms with E-state index in [9.17, 15) is 14.4 Å². The van der Waals surface area contributed by atoms with E-state index in [0.29, 0.717) is 17.1 Å². The molecule has 0 aliphatic rings. The van der Waals surface area contributed by atoms with Crippen LogP contribution in [0, 0.1) is 0 Å². The van der Waals surface area contributed by atoms with Crippen LogP contribution < -0.4 is 16.0 Å². The number of benzene rings is 1. The van der Waals surface area contributed by atoms with E-state index in [1.807, 2.05) is 0 Å². The molecule has 7 nitrogen and oxygen atoms in total. The van der Waals surface area contributed by atoms with E-state index >= 15 is 0 Å². The zero-order chi connectivity index (χ0) is 16.7. The Morgan fingerprint density at radius 3 is 2.13 bits per heavy atom. The van der Waals surface area contributed by atoms with E-state index in [0.717, 1.165) is 0 Å². The summed E-state index contributed by atoms with van der Waals surface area (Å²) in [6, 6.07) is 11.8. The molecule has 3 N–H and O–H groups in total. The van der Waals surface area contributed by atoms with Crippen molar-refractivity contribution in [1.82, 2.24) is 10.3 Å².